The average molecular weight is 209 g/mol. The van der Waals surface area contributed by atoms with Gasteiger partial charge in [-0.2, -0.15) is 4.99 Å². The van der Waals surface area contributed by atoms with Gasteiger partial charge in [0.05, 0.1) is 0 Å². The Balaban J connectivity index is 2.78. The number of hydrogen-bond acceptors (Lipinski definition) is 2. The van der Waals surface area contributed by atoms with Crippen molar-refractivity contribution in [2.45, 2.75) is 19.9 Å². The van der Waals surface area contributed by atoms with Crippen LogP contribution in [0.4, 0.5) is 0 Å². The molecule has 15 heavy (non-hydrogen) atoms. The maximum atomic E-state index is 5.48. The molecule has 1 rings (SSSR count). The van der Waals surface area contributed by atoms with E-state index in [1.807, 2.05) is 26.0 Å². The Hall–Kier alpha value is -1.98. The maximum Gasteiger partial charge on any atom is 0.219 e. The van der Waals surface area contributed by atoms with E-state index in [0.717, 1.165) is 11.5 Å². The van der Waals surface area contributed by atoms with Gasteiger partial charge in [-0.3, -0.25) is 0 Å². The van der Waals surface area contributed by atoms with E-state index in [1.54, 1.807) is 0 Å². The van der Waals surface area contributed by atoms with E-state index < -0.39 is 0 Å². The second-order valence-corrected chi connectivity index (χ2v) is 3.15. The van der Waals surface area contributed by atoms with Gasteiger partial charge < -0.3 is 21.6 Å². The van der Waals surface area contributed by atoms with Gasteiger partial charge in [0.25, 0.3) is 0 Å². The predicted molar refractivity (Wildman–Crippen MR) is 59.3 cm³/mol. The van der Waals surface area contributed by atoms with Crippen LogP contribution in [0, 0.1) is 6.92 Å². The van der Waals surface area contributed by atoms with Gasteiger partial charge >= 0.3 is 0 Å². The van der Waals surface area contributed by atoms with E-state index in [4.69, 9.17) is 21.6 Å². The van der Waals surface area contributed by atoms with Crippen molar-refractivity contribution >= 4 is 11.9 Å². The Kier molecular flexibility index (Phi) is 3.33. The zero-order valence-corrected chi connectivity index (χ0v) is 8.77. The van der Waals surface area contributed by atoms with Crippen LogP contribution < -0.4 is 17.2 Å². The lowest BCUT2D eigenvalue weighted by Gasteiger charge is -2.02. The van der Waals surface area contributed by atoms with Crippen molar-refractivity contribution in [2.24, 2.45) is 27.2 Å². The smallest absolute Gasteiger partial charge is 0.219 e. The van der Waals surface area contributed by atoms with Crippen LogP contribution in [0.3, 0.4) is 0 Å². The molecule has 0 radical (unpaired) electrons. The molecule has 0 aromatic carbocycles. The summed E-state index contributed by atoms with van der Waals surface area (Å²) in [5, 5.41) is 0. The molecule has 0 saturated heterocycles. The molecule has 1 aromatic heterocycles. The SMILES string of the molecule is Cc1ccc(C(C)N=C(N)N=C(N)N)o1. The first-order valence-corrected chi connectivity index (χ1v) is 4.48. The molecule has 1 atom stereocenters. The second-order valence-electron chi connectivity index (χ2n) is 3.15. The summed E-state index contributed by atoms with van der Waals surface area (Å²) in [5.41, 5.74) is 15.8. The van der Waals surface area contributed by atoms with Crippen molar-refractivity contribution in [1.82, 2.24) is 0 Å². The van der Waals surface area contributed by atoms with Gasteiger partial charge in [-0.05, 0) is 26.0 Å². The Morgan fingerprint density at radius 2 is 2.00 bits per heavy atom. The summed E-state index contributed by atoms with van der Waals surface area (Å²) in [6, 6.07) is 3.49. The number of rotatable bonds is 2. The van der Waals surface area contributed by atoms with Gasteiger partial charge in [0, 0.05) is 0 Å². The molecule has 1 unspecified atom stereocenters. The summed E-state index contributed by atoms with van der Waals surface area (Å²) in [6.07, 6.45) is 0. The zero-order valence-electron chi connectivity index (χ0n) is 8.77. The number of furan rings is 1. The first-order chi connectivity index (χ1) is 6.99. The van der Waals surface area contributed by atoms with Crippen molar-refractivity contribution in [3.63, 3.8) is 0 Å². The molecular formula is C9H15N5O. The van der Waals surface area contributed by atoms with E-state index in [9.17, 15) is 0 Å². The second kappa shape index (κ2) is 4.50. The lowest BCUT2D eigenvalue weighted by Crippen LogP contribution is -2.26. The average Bonchev–Trinajstić information content (AvgIpc) is 2.49. The number of hydrogen-bond donors (Lipinski definition) is 3. The van der Waals surface area contributed by atoms with Crippen molar-refractivity contribution in [1.29, 1.82) is 0 Å². The fourth-order valence-corrected chi connectivity index (χ4v) is 1.10. The van der Waals surface area contributed by atoms with Crippen LogP contribution in [0.25, 0.3) is 0 Å². The third kappa shape index (κ3) is 3.34. The van der Waals surface area contributed by atoms with Crippen molar-refractivity contribution in [3.05, 3.63) is 23.7 Å². The van der Waals surface area contributed by atoms with Crippen molar-refractivity contribution in [2.75, 3.05) is 0 Å². The van der Waals surface area contributed by atoms with Crippen LogP contribution in [0.5, 0.6) is 0 Å². The van der Waals surface area contributed by atoms with Gasteiger partial charge in [0.1, 0.15) is 17.6 Å². The van der Waals surface area contributed by atoms with Gasteiger partial charge in [-0.25, -0.2) is 4.99 Å². The van der Waals surface area contributed by atoms with Gasteiger partial charge in [0.15, 0.2) is 5.96 Å². The Labute approximate surface area is 87.9 Å². The van der Waals surface area contributed by atoms with Crippen LogP contribution in [-0.4, -0.2) is 11.9 Å². The molecule has 0 aliphatic rings. The lowest BCUT2D eigenvalue weighted by molar-refractivity contribution is 0.458. The highest BCUT2D eigenvalue weighted by Gasteiger charge is 2.08. The molecule has 0 spiro atoms. The van der Waals surface area contributed by atoms with Crippen LogP contribution in [0.1, 0.15) is 24.5 Å². The summed E-state index contributed by atoms with van der Waals surface area (Å²) in [6.45, 7) is 3.70. The highest BCUT2D eigenvalue weighted by atomic mass is 16.3. The molecule has 0 fully saturated rings. The first kappa shape index (κ1) is 11.1. The molecule has 0 saturated carbocycles. The van der Waals surface area contributed by atoms with Crippen LogP contribution in [0.15, 0.2) is 26.5 Å². The number of nitrogens with zero attached hydrogens (tertiary/aromatic N) is 2. The third-order valence-corrected chi connectivity index (χ3v) is 1.74. The molecule has 0 aliphatic heterocycles. The highest BCUT2D eigenvalue weighted by molar-refractivity contribution is 5.92. The van der Waals surface area contributed by atoms with Crippen LogP contribution >= 0.6 is 0 Å². The summed E-state index contributed by atoms with van der Waals surface area (Å²) in [7, 11) is 0. The number of aryl methyl sites for hydroxylation is 1. The minimum absolute atomic E-state index is 0.0385. The van der Waals surface area contributed by atoms with Crippen LogP contribution in [0.2, 0.25) is 0 Å². The molecule has 6 N–H and O–H groups in total. The van der Waals surface area contributed by atoms with E-state index in [2.05, 4.69) is 9.98 Å². The Morgan fingerprint density at radius 3 is 2.47 bits per heavy atom. The monoisotopic (exact) mass is 209 g/mol. The van der Waals surface area contributed by atoms with Gasteiger partial charge in [-0.1, -0.05) is 0 Å². The summed E-state index contributed by atoms with van der Waals surface area (Å²) < 4.78 is 5.38. The number of guanidine groups is 2. The fraction of sp³-hybridized carbons (Fsp3) is 0.333. The molecule has 6 nitrogen and oxygen atoms in total. The number of aliphatic imine (C=N–C) groups is 2. The van der Waals surface area contributed by atoms with E-state index in [-0.39, 0.29) is 18.0 Å². The minimum atomic E-state index is -0.207. The minimum Gasteiger partial charge on any atom is -0.464 e. The molecule has 0 amide bonds. The lowest BCUT2D eigenvalue weighted by atomic mass is 10.3. The molecule has 1 aromatic rings. The normalized spacial score (nSPS) is 13.6. The van der Waals surface area contributed by atoms with Gasteiger partial charge in [0.2, 0.25) is 5.96 Å². The molecule has 0 aliphatic carbocycles. The Morgan fingerprint density at radius 1 is 1.33 bits per heavy atom. The van der Waals surface area contributed by atoms with E-state index >= 15 is 0 Å². The summed E-state index contributed by atoms with van der Waals surface area (Å²) >= 11 is 0. The standard InChI is InChI=1S/C9H15N5O/c1-5-3-4-7(15-5)6(2)13-9(12)14-8(10)11/h3-4,6H,1-2H3,(H6,10,11,12,13,14). The highest BCUT2D eigenvalue weighted by Crippen LogP contribution is 2.18. The number of nitrogens with two attached hydrogens (primary N) is 3. The quantitative estimate of drug-likeness (QED) is 0.477. The third-order valence-electron chi connectivity index (χ3n) is 1.74. The molecule has 1 heterocycles. The van der Waals surface area contributed by atoms with Crippen molar-refractivity contribution in [3.8, 4) is 0 Å². The maximum absolute atomic E-state index is 5.48. The predicted octanol–water partition coefficient (Wildman–Crippen LogP) is 0.237. The molecule has 6 heteroatoms. The molecule has 82 valence electrons. The zero-order chi connectivity index (χ0) is 11.4. The van der Waals surface area contributed by atoms with E-state index in [1.165, 1.54) is 0 Å². The summed E-state index contributed by atoms with van der Waals surface area (Å²) in [4.78, 5) is 7.66. The largest absolute Gasteiger partial charge is 0.464 e. The summed E-state index contributed by atoms with van der Waals surface area (Å²) in [5.74, 6) is 1.48. The molecule has 0 bridgehead atoms. The first-order valence-electron chi connectivity index (χ1n) is 4.48. The van der Waals surface area contributed by atoms with Crippen molar-refractivity contribution < 1.29 is 4.42 Å². The van der Waals surface area contributed by atoms with Gasteiger partial charge in [-0.15, -0.1) is 0 Å². The Bertz CT molecular complexity index is 389. The molecular weight excluding hydrogens is 194 g/mol. The topological polar surface area (TPSA) is 116 Å². The van der Waals surface area contributed by atoms with Crippen LogP contribution in [-0.2, 0) is 0 Å². The van der Waals surface area contributed by atoms with E-state index in [0.29, 0.717) is 0 Å². The fourth-order valence-electron chi connectivity index (χ4n) is 1.10.